The summed E-state index contributed by atoms with van der Waals surface area (Å²) < 4.78 is 37.7. The molecule has 0 aliphatic carbocycles. The summed E-state index contributed by atoms with van der Waals surface area (Å²) in [6, 6.07) is 5.17. The Labute approximate surface area is 177 Å². The zero-order valence-electron chi connectivity index (χ0n) is 17.3. The van der Waals surface area contributed by atoms with Crippen LogP contribution >= 0.6 is 0 Å². The van der Waals surface area contributed by atoms with E-state index >= 15 is 0 Å². The molecule has 1 aromatic rings. The highest BCUT2D eigenvalue weighted by Crippen LogP contribution is 2.47. The van der Waals surface area contributed by atoms with E-state index in [-0.39, 0.29) is 37.1 Å². The number of nitrogens with one attached hydrogen (secondary N) is 1. The molecule has 0 aromatic heterocycles. The van der Waals surface area contributed by atoms with Crippen molar-refractivity contribution in [3.05, 3.63) is 23.8 Å². The summed E-state index contributed by atoms with van der Waals surface area (Å²) in [5.41, 5.74) is 1.35. The molecule has 0 unspecified atom stereocenters. The number of fused-ring (bicyclic) bond motifs is 3. The number of carbonyl (C=O) groups excluding carboxylic acids is 1. The quantitative estimate of drug-likeness (QED) is 0.675. The van der Waals surface area contributed by atoms with Gasteiger partial charge in [0.05, 0.1) is 25.4 Å². The van der Waals surface area contributed by atoms with Gasteiger partial charge in [-0.3, -0.25) is 9.52 Å². The number of ether oxygens (including phenoxy) is 2. The number of nitrogens with zero attached hydrogens (tertiary/aromatic N) is 2. The van der Waals surface area contributed by atoms with Crippen molar-refractivity contribution in [2.24, 2.45) is 0 Å². The Hall–Kier alpha value is -1.88. The maximum absolute atomic E-state index is 12.8. The molecule has 0 spiro atoms. The van der Waals surface area contributed by atoms with Gasteiger partial charge < -0.3 is 24.4 Å². The van der Waals surface area contributed by atoms with Crippen molar-refractivity contribution in [2.45, 2.75) is 37.1 Å². The van der Waals surface area contributed by atoms with Crippen molar-refractivity contribution in [3.8, 4) is 5.75 Å². The molecule has 4 rings (SSSR count). The molecule has 3 aliphatic rings. The molecule has 2 fully saturated rings. The second-order valence-electron chi connectivity index (χ2n) is 8.42. The number of rotatable bonds is 5. The van der Waals surface area contributed by atoms with Gasteiger partial charge in [-0.2, -0.15) is 0 Å². The van der Waals surface area contributed by atoms with Crippen molar-refractivity contribution in [2.75, 3.05) is 50.8 Å². The highest BCUT2D eigenvalue weighted by atomic mass is 32.2. The minimum absolute atomic E-state index is 0.0647. The van der Waals surface area contributed by atoms with E-state index in [4.69, 9.17) is 9.47 Å². The average Bonchev–Trinajstić information content (AvgIpc) is 3.04. The summed E-state index contributed by atoms with van der Waals surface area (Å²) in [7, 11) is -1.35. The average molecular weight is 440 g/mol. The first-order valence-electron chi connectivity index (χ1n) is 10.2. The van der Waals surface area contributed by atoms with Gasteiger partial charge in [0.2, 0.25) is 15.9 Å². The molecule has 10 heteroatoms. The van der Waals surface area contributed by atoms with Crippen LogP contribution in [0.4, 0.5) is 5.69 Å². The topological polar surface area (TPSA) is 108 Å². The number of sulfonamides is 1. The summed E-state index contributed by atoms with van der Waals surface area (Å²) in [6.07, 6.45) is 0.740. The maximum atomic E-state index is 12.8. The molecule has 166 valence electrons. The van der Waals surface area contributed by atoms with Gasteiger partial charge in [-0.25, -0.2) is 8.42 Å². The number of likely N-dealkylation sites (N-methyl/N-ethyl adjacent to an activating group) is 1. The highest BCUT2D eigenvalue weighted by Gasteiger charge is 2.46. The third-order valence-electron chi connectivity index (χ3n) is 6.06. The Balaban J connectivity index is 1.49. The lowest BCUT2D eigenvalue weighted by molar-refractivity contribution is -0.150. The number of benzene rings is 1. The molecule has 4 atom stereocenters. The molecule has 0 radical (unpaired) electrons. The predicted molar refractivity (Wildman–Crippen MR) is 111 cm³/mol. The number of aliphatic hydroxyl groups is 1. The predicted octanol–water partition coefficient (Wildman–Crippen LogP) is 0.217. The van der Waals surface area contributed by atoms with Crippen molar-refractivity contribution in [1.82, 2.24) is 9.80 Å². The number of carbonyl (C=O) groups is 1. The van der Waals surface area contributed by atoms with Crippen LogP contribution in [0.15, 0.2) is 18.2 Å². The second kappa shape index (κ2) is 8.33. The summed E-state index contributed by atoms with van der Waals surface area (Å²) in [5.74, 6) is 0.657. The van der Waals surface area contributed by atoms with Crippen molar-refractivity contribution < 1.29 is 27.8 Å². The Kier molecular flexibility index (Phi) is 5.93. The van der Waals surface area contributed by atoms with E-state index in [0.29, 0.717) is 30.9 Å². The third kappa shape index (κ3) is 4.56. The Morgan fingerprint density at radius 3 is 2.67 bits per heavy atom. The van der Waals surface area contributed by atoms with Gasteiger partial charge in [0.15, 0.2) is 0 Å². The monoisotopic (exact) mass is 439 g/mol. The van der Waals surface area contributed by atoms with Crippen LogP contribution in [0.25, 0.3) is 0 Å². The minimum Gasteiger partial charge on any atom is -0.487 e. The van der Waals surface area contributed by atoms with Crippen molar-refractivity contribution >= 4 is 21.6 Å². The zero-order valence-corrected chi connectivity index (χ0v) is 18.1. The molecule has 0 saturated carbocycles. The lowest BCUT2D eigenvalue weighted by atomic mass is 9.84. The maximum Gasteiger partial charge on any atom is 0.229 e. The lowest BCUT2D eigenvalue weighted by Gasteiger charge is -2.38. The Bertz CT molecular complexity index is 900. The fraction of sp³-hybridized carbons (Fsp3) is 0.650. The molecule has 3 heterocycles. The summed E-state index contributed by atoms with van der Waals surface area (Å²) >= 11 is 0. The van der Waals surface area contributed by atoms with Gasteiger partial charge in [0, 0.05) is 43.3 Å². The molecule has 2 N–H and O–H groups in total. The molecule has 3 aliphatic heterocycles. The molecule has 2 saturated heterocycles. The van der Waals surface area contributed by atoms with Crippen LogP contribution in [0.2, 0.25) is 0 Å². The second-order valence-corrected chi connectivity index (χ2v) is 10.2. The molecular weight excluding hydrogens is 410 g/mol. The first kappa shape index (κ1) is 21.4. The fourth-order valence-electron chi connectivity index (χ4n) is 4.55. The van der Waals surface area contributed by atoms with Crippen LogP contribution in [0.5, 0.6) is 5.75 Å². The number of anilines is 1. The molecule has 30 heavy (non-hydrogen) atoms. The summed E-state index contributed by atoms with van der Waals surface area (Å²) in [5, 5.41) is 9.86. The number of amides is 1. The van der Waals surface area contributed by atoms with Gasteiger partial charge >= 0.3 is 0 Å². The van der Waals surface area contributed by atoms with Gasteiger partial charge in [-0.1, -0.05) is 0 Å². The zero-order chi connectivity index (χ0) is 21.5. The van der Waals surface area contributed by atoms with E-state index in [1.807, 2.05) is 11.9 Å². The third-order valence-corrected chi connectivity index (χ3v) is 6.67. The summed E-state index contributed by atoms with van der Waals surface area (Å²) in [4.78, 5) is 16.8. The molecule has 9 nitrogen and oxygen atoms in total. The molecule has 1 aromatic carbocycles. The Morgan fingerprint density at radius 1 is 1.27 bits per heavy atom. The minimum atomic E-state index is -3.39. The Morgan fingerprint density at radius 2 is 2.00 bits per heavy atom. The van der Waals surface area contributed by atoms with Gasteiger partial charge in [0.25, 0.3) is 0 Å². The van der Waals surface area contributed by atoms with E-state index in [0.717, 1.165) is 24.9 Å². The van der Waals surface area contributed by atoms with Crippen molar-refractivity contribution in [3.63, 3.8) is 0 Å². The fourth-order valence-corrected chi connectivity index (χ4v) is 5.10. The van der Waals surface area contributed by atoms with E-state index in [1.54, 1.807) is 18.2 Å². The van der Waals surface area contributed by atoms with Crippen LogP contribution in [0.3, 0.4) is 0 Å². The first-order valence-corrected chi connectivity index (χ1v) is 12.1. The van der Waals surface area contributed by atoms with E-state index < -0.39 is 16.1 Å². The van der Waals surface area contributed by atoms with Crippen LogP contribution in [-0.2, 0) is 19.6 Å². The van der Waals surface area contributed by atoms with E-state index in [2.05, 4.69) is 9.62 Å². The van der Waals surface area contributed by atoms with Crippen LogP contribution in [-0.4, -0.2) is 93.6 Å². The number of aliphatic hydroxyl groups excluding tert-OH is 1. The smallest absolute Gasteiger partial charge is 0.229 e. The first-order chi connectivity index (χ1) is 14.2. The van der Waals surface area contributed by atoms with Crippen LogP contribution in [0.1, 0.15) is 24.3 Å². The van der Waals surface area contributed by atoms with Gasteiger partial charge in [0.1, 0.15) is 18.0 Å². The molecule has 1 amide bonds. The van der Waals surface area contributed by atoms with Gasteiger partial charge in [-0.05, 0) is 31.7 Å². The number of piperazine rings is 1. The molecular formula is C20H29N3O6S. The largest absolute Gasteiger partial charge is 0.487 e. The van der Waals surface area contributed by atoms with Gasteiger partial charge in [-0.15, -0.1) is 0 Å². The van der Waals surface area contributed by atoms with Crippen LogP contribution < -0.4 is 9.46 Å². The highest BCUT2D eigenvalue weighted by molar-refractivity contribution is 7.92. The van der Waals surface area contributed by atoms with E-state index in [9.17, 15) is 18.3 Å². The summed E-state index contributed by atoms with van der Waals surface area (Å²) in [6.45, 7) is 2.94. The van der Waals surface area contributed by atoms with Crippen molar-refractivity contribution in [1.29, 1.82) is 0 Å². The van der Waals surface area contributed by atoms with E-state index in [1.165, 1.54) is 0 Å². The standard InChI is InChI=1S/C20H29N3O6S/c1-22-5-7-23(8-6-22)19(25)11-14-10-16-15-9-13(21-30(2,26)27)3-4-17(15)29-20(16)18(12-24)28-14/h3-4,9,14,16,18,20-21,24H,5-8,10-12H2,1-2H3/t14-,16+,18-,20-/m1/s1. The lowest BCUT2D eigenvalue weighted by Crippen LogP contribution is -2.50. The number of hydrogen-bond donors (Lipinski definition) is 2. The normalized spacial score (nSPS) is 29.1. The van der Waals surface area contributed by atoms with Crippen LogP contribution in [0, 0.1) is 0 Å². The number of hydrogen-bond acceptors (Lipinski definition) is 7. The molecule has 0 bridgehead atoms. The SMILES string of the molecule is CN1CCN(C(=O)C[C@H]2C[C@H]3c4cc(NS(C)(=O)=O)ccc4O[C@H]3[C@@H](CO)O2)CC1.